The normalized spacial score (nSPS) is 16.8. The molecular weight excluding hydrogens is 268 g/mol. The van der Waals surface area contributed by atoms with Gasteiger partial charge in [-0.2, -0.15) is 0 Å². The van der Waals surface area contributed by atoms with E-state index in [0.29, 0.717) is 6.54 Å². The van der Waals surface area contributed by atoms with Crippen molar-refractivity contribution in [3.8, 4) is 5.75 Å². The third-order valence-electron chi connectivity index (χ3n) is 4.01. The first-order valence-corrected chi connectivity index (χ1v) is 7.27. The molecule has 21 heavy (non-hydrogen) atoms. The van der Waals surface area contributed by atoms with Gasteiger partial charge < -0.3 is 14.7 Å². The van der Waals surface area contributed by atoms with Crippen LogP contribution in [0.3, 0.4) is 0 Å². The number of hydrogen-bond donors (Lipinski definition) is 1. The van der Waals surface area contributed by atoms with Crippen molar-refractivity contribution >= 4 is 11.7 Å². The van der Waals surface area contributed by atoms with Gasteiger partial charge >= 0.3 is 5.97 Å². The molecule has 5 heteroatoms. The first-order chi connectivity index (χ1) is 9.92. The quantitative estimate of drug-likeness (QED) is 0.898. The van der Waals surface area contributed by atoms with Crippen LogP contribution in [-0.2, 0) is 4.79 Å². The van der Waals surface area contributed by atoms with Crippen molar-refractivity contribution in [2.75, 3.05) is 44.7 Å². The molecule has 0 atom stereocenters. The van der Waals surface area contributed by atoms with Crippen LogP contribution in [0.15, 0.2) is 24.3 Å². The summed E-state index contributed by atoms with van der Waals surface area (Å²) in [7, 11) is 1.66. The fourth-order valence-corrected chi connectivity index (χ4v) is 2.58. The Morgan fingerprint density at radius 2 is 1.76 bits per heavy atom. The molecule has 1 aliphatic heterocycles. The number of aliphatic carboxylic acids is 1. The molecule has 0 spiro atoms. The molecule has 1 fully saturated rings. The second kappa shape index (κ2) is 6.35. The summed E-state index contributed by atoms with van der Waals surface area (Å²) in [6.45, 7) is 7.78. The average molecular weight is 292 g/mol. The van der Waals surface area contributed by atoms with Crippen LogP contribution in [0, 0.1) is 5.41 Å². The van der Waals surface area contributed by atoms with Crippen LogP contribution in [0.4, 0.5) is 5.69 Å². The Balaban J connectivity index is 1.89. The molecule has 0 radical (unpaired) electrons. The molecule has 0 saturated carbocycles. The number of hydrogen-bond acceptors (Lipinski definition) is 4. The van der Waals surface area contributed by atoms with Crippen LogP contribution in [-0.4, -0.2) is 55.8 Å². The van der Waals surface area contributed by atoms with E-state index in [4.69, 9.17) is 4.74 Å². The Labute approximate surface area is 126 Å². The Kier molecular flexibility index (Phi) is 4.73. The number of piperazine rings is 1. The minimum atomic E-state index is -0.736. The number of carbonyl (C=O) groups is 1. The van der Waals surface area contributed by atoms with E-state index < -0.39 is 11.4 Å². The Bertz CT molecular complexity index is 477. The van der Waals surface area contributed by atoms with Crippen LogP contribution in [0.5, 0.6) is 5.75 Å². The monoisotopic (exact) mass is 292 g/mol. The predicted octanol–water partition coefficient (Wildman–Crippen LogP) is 1.93. The molecule has 0 amide bonds. The zero-order valence-electron chi connectivity index (χ0n) is 13.0. The smallest absolute Gasteiger partial charge is 0.310 e. The van der Waals surface area contributed by atoms with Crippen LogP contribution in [0.1, 0.15) is 13.8 Å². The first kappa shape index (κ1) is 15.6. The van der Waals surface area contributed by atoms with Crippen LogP contribution < -0.4 is 9.64 Å². The number of benzene rings is 1. The van der Waals surface area contributed by atoms with E-state index in [0.717, 1.165) is 31.9 Å². The Morgan fingerprint density at radius 3 is 2.24 bits per heavy atom. The zero-order valence-corrected chi connectivity index (χ0v) is 13.0. The Hall–Kier alpha value is -1.75. The summed E-state index contributed by atoms with van der Waals surface area (Å²) in [6.07, 6.45) is 0. The first-order valence-electron chi connectivity index (χ1n) is 7.27. The number of methoxy groups -OCH3 is 1. The minimum Gasteiger partial charge on any atom is -0.497 e. The molecule has 1 saturated heterocycles. The van der Waals surface area contributed by atoms with Gasteiger partial charge in [0.25, 0.3) is 0 Å². The molecule has 0 unspecified atom stereocenters. The van der Waals surface area contributed by atoms with Crippen LogP contribution in [0.25, 0.3) is 0 Å². The molecule has 0 bridgehead atoms. The number of carboxylic acids is 1. The standard InChI is InChI=1S/C16H24N2O3/c1-16(2,15(19)20)12-17-8-10-18(11-9-17)13-4-6-14(21-3)7-5-13/h4-7H,8-12H2,1-3H3,(H,19,20). The fourth-order valence-electron chi connectivity index (χ4n) is 2.58. The molecule has 1 aliphatic rings. The van der Waals surface area contributed by atoms with E-state index in [1.807, 2.05) is 12.1 Å². The molecule has 0 aliphatic carbocycles. The maximum Gasteiger partial charge on any atom is 0.310 e. The maximum atomic E-state index is 11.2. The topological polar surface area (TPSA) is 53.0 Å². The maximum absolute atomic E-state index is 11.2. The van der Waals surface area contributed by atoms with Crippen molar-refractivity contribution < 1.29 is 14.6 Å². The van der Waals surface area contributed by atoms with Gasteiger partial charge in [0.2, 0.25) is 0 Å². The molecular formula is C16H24N2O3. The van der Waals surface area contributed by atoms with E-state index in [2.05, 4.69) is 21.9 Å². The van der Waals surface area contributed by atoms with Gasteiger partial charge in [-0.25, -0.2) is 0 Å². The van der Waals surface area contributed by atoms with Gasteiger partial charge in [-0.15, -0.1) is 0 Å². The molecule has 1 N–H and O–H groups in total. The average Bonchev–Trinajstić information content (AvgIpc) is 2.48. The lowest BCUT2D eigenvalue weighted by molar-refractivity contribution is -0.148. The van der Waals surface area contributed by atoms with E-state index >= 15 is 0 Å². The van der Waals surface area contributed by atoms with E-state index in [1.54, 1.807) is 21.0 Å². The molecule has 1 heterocycles. The molecule has 2 rings (SSSR count). The highest BCUT2D eigenvalue weighted by atomic mass is 16.5. The van der Waals surface area contributed by atoms with Crippen molar-refractivity contribution in [2.24, 2.45) is 5.41 Å². The summed E-state index contributed by atoms with van der Waals surface area (Å²) < 4.78 is 5.17. The van der Waals surface area contributed by atoms with Crippen LogP contribution >= 0.6 is 0 Å². The second-order valence-corrected chi connectivity index (χ2v) is 6.15. The molecule has 1 aromatic carbocycles. The number of carboxylic acid groups (broad SMARTS) is 1. The fraction of sp³-hybridized carbons (Fsp3) is 0.562. The summed E-state index contributed by atoms with van der Waals surface area (Å²) in [5.74, 6) is 0.126. The summed E-state index contributed by atoms with van der Waals surface area (Å²) in [4.78, 5) is 15.7. The summed E-state index contributed by atoms with van der Waals surface area (Å²) in [6, 6.07) is 8.07. The third-order valence-corrected chi connectivity index (χ3v) is 4.01. The van der Waals surface area contributed by atoms with E-state index in [1.165, 1.54) is 5.69 Å². The van der Waals surface area contributed by atoms with Gasteiger partial charge in [-0.05, 0) is 38.1 Å². The number of anilines is 1. The van der Waals surface area contributed by atoms with E-state index in [-0.39, 0.29) is 0 Å². The second-order valence-electron chi connectivity index (χ2n) is 6.15. The van der Waals surface area contributed by atoms with Crippen LogP contribution in [0.2, 0.25) is 0 Å². The summed E-state index contributed by atoms with van der Waals surface area (Å²) in [5, 5.41) is 9.20. The van der Waals surface area contributed by atoms with Gasteiger partial charge in [0, 0.05) is 38.4 Å². The molecule has 0 aromatic heterocycles. The van der Waals surface area contributed by atoms with Crippen molar-refractivity contribution in [1.29, 1.82) is 0 Å². The highest BCUT2D eigenvalue weighted by Crippen LogP contribution is 2.22. The van der Waals surface area contributed by atoms with Gasteiger partial charge in [-0.3, -0.25) is 9.69 Å². The number of ether oxygens (including phenoxy) is 1. The molecule has 116 valence electrons. The lowest BCUT2D eigenvalue weighted by Crippen LogP contribution is -2.50. The van der Waals surface area contributed by atoms with Crippen molar-refractivity contribution in [3.05, 3.63) is 24.3 Å². The SMILES string of the molecule is COc1ccc(N2CCN(CC(C)(C)C(=O)O)CC2)cc1. The molecule has 1 aromatic rings. The zero-order chi connectivity index (χ0) is 15.5. The molecule has 5 nitrogen and oxygen atoms in total. The van der Waals surface area contributed by atoms with Crippen molar-refractivity contribution in [2.45, 2.75) is 13.8 Å². The predicted molar refractivity (Wildman–Crippen MR) is 83.1 cm³/mol. The van der Waals surface area contributed by atoms with Gasteiger partial charge in [0.05, 0.1) is 12.5 Å². The number of nitrogens with zero attached hydrogens (tertiary/aromatic N) is 2. The van der Waals surface area contributed by atoms with Gasteiger partial charge in [0.1, 0.15) is 5.75 Å². The van der Waals surface area contributed by atoms with Crippen molar-refractivity contribution in [1.82, 2.24) is 4.90 Å². The van der Waals surface area contributed by atoms with Gasteiger partial charge in [-0.1, -0.05) is 0 Å². The van der Waals surface area contributed by atoms with Crippen molar-refractivity contribution in [3.63, 3.8) is 0 Å². The van der Waals surface area contributed by atoms with Gasteiger partial charge in [0.15, 0.2) is 0 Å². The summed E-state index contributed by atoms with van der Waals surface area (Å²) >= 11 is 0. The summed E-state index contributed by atoms with van der Waals surface area (Å²) in [5.41, 5.74) is 0.496. The van der Waals surface area contributed by atoms with E-state index in [9.17, 15) is 9.90 Å². The number of rotatable bonds is 5. The third kappa shape index (κ3) is 3.88. The highest BCUT2D eigenvalue weighted by Gasteiger charge is 2.31. The highest BCUT2D eigenvalue weighted by molar-refractivity contribution is 5.73. The minimum absolute atomic E-state index is 0.596. The largest absolute Gasteiger partial charge is 0.497 e. The Morgan fingerprint density at radius 1 is 1.19 bits per heavy atom. The lowest BCUT2D eigenvalue weighted by atomic mass is 9.93. The lowest BCUT2D eigenvalue weighted by Gasteiger charge is -2.38.